The van der Waals surface area contributed by atoms with Gasteiger partial charge in [0, 0.05) is 17.8 Å². The molecule has 0 atom stereocenters. The number of amides is 1. The van der Waals surface area contributed by atoms with E-state index >= 15 is 0 Å². The van der Waals surface area contributed by atoms with Crippen molar-refractivity contribution >= 4 is 11.6 Å². The summed E-state index contributed by atoms with van der Waals surface area (Å²) in [5.41, 5.74) is 8.60. The third kappa shape index (κ3) is 3.25. The summed E-state index contributed by atoms with van der Waals surface area (Å²) in [5.74, 6) is -0.00944. The molecule has 0 aliphatic rings. The number of phenols is 1. The number of aryl methyl sites for hydroxylation is 1. The first-order valence-electron chi connectivity index (χ1n) is 5.98. The normalized spacial score (nSPS) is 10.2. The molecule has 0 aromatic heterocycles. The van der Waals surface area contributed by atoms with Crippen LogP contribution in [0.5, 0.6) is 5.75 Å². The van der Waals surface area contributed by atoms with Gasteiger partial charge in [-0.05, 0) is 48.4 Å². The molecule has 0 spiro atoms. The molecular formula is C15H16N2O2. The second kappa shape index (κ2) is 5.44. The van der Waals surface area contributed by atoms with Crippen LogP contribution in [0.15, 0.2) is 42.5 Å². The van der Waals surface area contributed by atoms with Crippen LogP contribution in [0.4, 0.5) is 5.69 Å². The molecule has 0 radical (unpaired) electrons. The number of benzene rings is 2. The number of aromatic hydroxyl groups is 1. The van der Waals surface area contributed by atoms with Gasteiger partial charge >= 0.3 is 0 Å². The molecule has 4 heteroatoms. The van der Waals surface area contributed by atoms with E-state index in [1.165, 1.54) is 6.07 Å². The highest BCUT2D eigenvalue weighted by Crippen LogP contribution is 2.15. The second-order valence-corrected chi connectivity index (χ2v) is 4.43. The lowest BCUT2D eigenvalue weighted by atomic mass is 10.1. The predicted octanol–water partition coefficient (Wildman–Crippen LogP) is 2.21. The Kier molecular flexibility index (Phi) is 3.71. The van der Waals surface area contributed by atoms with Gasteiger partial charge in [-0.1, -0.05) is 12.1 Å². The third-order valence-corrected chi connectivity index (χ3v) is 2.86. The van der Waals surface area contributed by atoms with Crippen LogP contribution >= 0.6 is 0 Å². The molecule has 0 aliphatic carbocycles. The standard InChI is InChI=1S/C15H16N2O2/c1-10-7-13(18)5-6-14(10)15(19)17-9-11-3-2-4-12(16)8-11/h2-8,18H,9,16H2,1H3,(H,17,19). The van der Waals surface area contributed by atoms with Crippen LogP contribution in [0.25, 0.3) is 0 Å². The van der Waals surface area contributed by atoms with Crippen LogP contribution in [0.3, 0.4) is 0 Å². The first kappa shape index (κ1) is 13.0. The monoisotopic (exact) mass is 256 g/mol. The smallest absolute Gasteiger partial charge is 0.251 e. The van der Waals surface area contributed by atoms with Crippen molar-refractivity contribution in [1.29, 1.82) is 0 Å². The molecule has 0 bridgehead atoms. The van der Waals surface area contributed by atoms with E-state index < -0.39 is 0 Å². The van der Waals surface area contributed by atoms with Gasteiger partial charge in [0.1, 0.15) is 5.75 Å². The van der Waals surface area contributed by atoms with Crippen LogP contribution in [-0.4, -0.2) is 11.0 Å². The molecule has 0 unspecified atom stereocenters. The maximum Gasteiger partial charge on any atom is 0.251 e. The Morgan fingerprint density at radius 1 is 1.26 bits per heavy atom. The Morgan fingerprint density at radius 2 is 2.05 bits per heavy atom. The van der Waals surface area contributed by atoms with Crippen molar-refractivity contribution in [3.8, 4) is 5.75 Å². The summed E-state index contributed by atoms with van der Waals surface area (Å²) in [7, 11) is 0. The number of nitrogen functional groups attached to an aromatic ring is 1. The molecule has 2 aromatic rings. The minimum atomic E-state index is -0.167. The molecule has 0 aliphatic heterocycles. The molecule has 0 heterocycles. The van der Waals surface area contributed by atoms with Crippen molar-refractivity contribution < 1.29 is 9.90 Å². The highest BCUT2D eigenvalue weighted by molar-refractivity contribution is 5.95. The maximum atomic E-state index is 12.0. The van der Waals surface area contributed by atoms with Crippen molar-refractivity contribution in [2.45, 2.75) is 13.5 Å². The molecular weight excluding hydrogens is 240 g/mol. The molecule has 1 amide bonds. The molecule has 0 fully saturated rings. The van der Waals surface area contributed by atoms with E-state index in [9.17, 15) is 9.90 Å². The SMILES string of the molecule is Cc1cc(O)ccc1C(=O)NCc1cccc(N)c1. The quantitative estimate of drug-likeness (QED) is 0.737. The summed E-state index contributed by atoms with van der Waals surface area (Å²) < 4.78 is 0. The molecule has 4 N–H and O–H groups in total. The Bertz CT molecular complexity index is 609. The lowest BCUT2D eigenvalue weighted by Crippen LogP contribution is -2.23. The van der Waals surface area contributed by atoms with Crippen molar-refractivity contribution in [2.75, 3.05) is 5.73 Å². The molecule has 0 saturated carbocycles. The van der Waals surface area contributed by atoms with Gasteiger partial charge in [-0.25, -0.2) is 0 Å². The number of hydrogen-bond acceptors (Lipinski definition) is 3. The molecule has 4 nitrogen and oxygen atoms in total. The van der Waals surface area contributed by atoms with Crippen molar-refractivity contribution in [3.63, 3.8) is 0 Å². The van der Waals surface area contributed by atoms with Crippen LogP contribution in [0, 0.1) is 6.92 Å². The Balaban J connectivity index is 2.05. The molecule has 19 heavy (non-hydrogen) atoms. The van der Waals surface area contributed by atoms with Crippen molar-refractivity contribution in [2.24, 2.45) is 0 Å². The van der Waals surface area contributed by atoms with Gasteiger partial charge < -0.3 is 16.2 Å². The fraction of sp³-hybridized carbons (Fsp3) is 0.133. The highest BCUT2D eigenvalue weighted by Gasteiger charge is 2.08. The van der Waals surface area contributed by atoms with Crippen LogP contribution in [-0.2, 0) is 6.54 Å². The Labute approximate surface area is 111 Å². The van der Waals surface area contributed by atoms with Crippen LogP contribution < -0.4 is 11.1 Å². The topological polar surface area (TPSA) is 75.3 Å². The predicted molar refractivity (Wildman–Crippen MR) is 74.9 cm³/mol. The van der Waals surface area contributed by atoms with Gasteiger partial charge in [0.05, 0.1) is 0 Å². The van der Waals surface area contributed by atoms with Gasteiger partial charge in [0.15, 0.2) is 0 Å². The zero-order valence-electron chi connectivity index (χ0n) is 10.7. The number of rotatable bonds is 3. The number of carbonyl (C=O) groups excluding carboxylic acids is 1. The van der Waals surface area contributed by atoms with Gasteiger partial charge in [0.25, 0.3) is 5.91 Å². The summed E-state index contributed by atoms with van der Waals surface area (Å²) in [6, 6.07) is 12.1. The first-order chi connectivity index (χ1) is 9.06. The minimum Gasteiger partial charge on any atom is -0.508 e. The van der Waals surface area contributed by atoms with Gasteiger partial charge in [-0.15, -0.1) is 0 Å². The summed E-state index contributed by atoms with van der Waals surface area (Å²) in [4.78, 5) is 12.0. The van der Waals surface area contributed by atoms with E-state index in [-0.39, 0.29) is 11.7 Å². The second-order valence-electron chi connectivity index (χ2n) is 4.43. The molecule has 98 valence electrons. The van der Waals surface area contributed by atoms with Crippen molar-refractivity contribution in [3.05, 3.63) is 59.2 Å². The fourth-order valence-electron chi connectivity index (χ4n) is 1.88. The zero-order valence-corrected chi connectivity index (χ0v) is 10.7. The number of nitrogens with one attached hydrogen (secondary N) is 1. The molecule has 0 saturated heterocycles. The number of hydrogen-bond donors (Lipinski definition) is 3. The Morgan fingerprint density at radius 3 is 2.74 bits per heavy atom. The number of phenolic OH excluding ortho intramolecular Hbond substituents is 1. The summed E-state index contributed by atoms with van der Waals surface area (Å²) in [6.07, 6.45) is 0. The zero-order chi connectivity index (χ0) is 13.8. The summed E-state index contributed by atoms with van der Waals surface area (Å²) in [5, 5.41) is 12.1. The first-order valence-corrected chi connectivity index (χ1v) is 5.98. The highest BCUT2D eigenvalue weighted by atomic mass is 16.3. The maximum absolute atomic E-state index is 12.0. The lowest BCUT2D eigenvalue weighted by Gasteiger charge is -2.08. The van der Waals surface area contributed by atoms with Crippen LogP contribution in [0.1, 0.15) is 21.5 Å². The van der Waals surface area contributed by atoms with Crippen LogP contribution in [0.2, 0.25) is 0 Å². The number of carbonyl (C=O) groups is 1. The largest absolute Gasteiger partial charge is 0.508 e. The third-order valence-electron chi connectivity index (χ3n) is 2.86. The number of anilines is 1. The van der Waals surface area contributed by atoms with E-state index in [1.54, 1.807) is 25.1 Å². The molecule has 2 aromatic carbocycles. The van der Waals surface area contributed by atoms with E-state index in [2.05, 4.69) is 5.32 Å². The molecule has 2 rings (SSSR count). The van der Waals surface area contributed by atoms with E-state index in [0.717, 1.165) is 11.1 Å². The van der Waals surface area contributed by atoms with E-state index in [0.29, 0.717) is 17.8 Å². The Hall–Kier alpha value is -2.49. The van der Waals surface area contributed by atoms with Gasteiger partial charge in [-0.2, -0.15) is 0 Å². The van der Waals surface area contributed by atoms with Crippen molar-refractivity contribution in [1.82, 2.24) is 5.32 Å². The van der Waals surface area contributed by atoms with E-state index in [1.807, 2.05) is 18.2 Å². The summed E-state index contributed by atoms with van der Waals surface area (Å²) >= 11 is 0. The van der Waals surface area contributed by atoms with Gasteiger partial charge in [0.2, 0.25) is 0 Å². The summed E-state index contributed by atoms with van der Waals surface area (Å²) in [6.45, 7) is 2.21. The average Bonchev–Trinajstić information content (AvgIpc) is 2.36. The lowest BCUT2D eigenvalue weighted by molar-refractivity contribution is 0.0950. The van der Waals surface area contributed by atoms with Gasteiger partial charge in [-0.3, -0.25) is 4.79 Å². The minimum absolute atomic E-state index is 0.157. The van der Waals surface area contributed by atoms with E-state index in [4.69, 9.17) is 5.73 Å². The average molecular weight is 256 g/mol. The fourth-order valence-corrected chi connectivity index (χ4v) is 1.88. The number of nitrogens with two attached hydrogens (primary N) is 1.